The quantitative estimate of drug-likeness (QED) is 0.805. The first-order valence-electron chi connectivity index (χ1n) is 5.32. The Labute approximate surface area is 103 Å². The maximum absolute atomic E-state index is 11.4. The summed E-state index contributed by atoms with van der Waals surface area (Å²) in [7, 11) is 0. The molecule has 2 heterocycles. The fourth-order valence-electron chi connectivity index (χ4n) is 1.63. The molecule has 0 spiro atoms. The molecule has 0 fully saturated rings. The number of aromatic amines is 1. The van der Waals surface area contributed by atoms with Crippen LogP contribution >= 0.6 is 0 Å². The molecular formula is C12H12N4O2. The summed E-state index contributed by atoms with van der Waals surface area (Å²) in [4.78, 5) is 33.4. The van der Waals surface area contributed by atoms with Crippen molar-refractivity contribution in [3.8, 4) is 11.3 Å². The topological polar surface area (TPSA) is 102 Å². The minimum atomic E-state index is -0.762. The largest absolute Gasteiger partial charge is 0.365 e. The van der Waals surface area contributed by atoms with E-state index in [0.29, 0.717) is 17.1 Å². The van der Waals surface area contributed by atoms with Crippen LogP contribution in [0.25, 0.3) is 11.3 Å². The normalized spacial score (nSPS) is 10.3. The molecule has 1 amide bonds. The van der Waals surface area contributed by atoms with Crippen molar-refractivity contribution in [3.63, 3.8) is 0 Å². The van der Waals surface area contributed by atoms with Gasteiger partial charge in [0, 0.05) is 18.0 Å². The first-order valence-corrected chi connectivity index (χ1v) is 5.32. The van der Waals surface area contributed by atoms with Gasteiger partial charge in [-0.15, -0.1) is 0 Å². The van der Waals surface area contributed by atoms with E-state index in [9.17, 15) is 9.59 Å². The van der Waals surface area contributed by atoms with E-state index >= 15 is 0 Å². The lowest BCUT2D eigenvalue weighted by Gasteiger charge is -2.06. The van der Waals surface area contributed by atoms with Gasteiger partial charge >= 0.3 is 0 Å². The van der Waals surface area contributed by atoms with Crippen molar-refractivity contribution < 1.29 is 4.79 Å². The molecule has 0 atom stereocenters. The van der Waals surface area contributed by atoms with Gasteiger partial charge in [0.1, 0.15) is 11.4 Å². The average Bonchev–Trinajstić information content (AvgIpc) is 2.33. The SMILES string of the molecule is Cc1ncc(C)c(-c2c[nH]c(=O)c(C(N)=O)c2)n1. The zero-order valence-corrected chi connectivity index (χ0v) is 10.0. The molecule has 0 aromatic carbocycles. The molecule has 0 aliphatic rings. The van der Waals surface area contributed by atoms with Gasteiger partial charge in [0.2, 0.25) is 0 Å². The molecule has 6 heteroatoms. The van der Waals surface area contributed by atoms with Crippen molar-refractivity contribution >= 4 is 5.91 Å². The van der Waals surface area contributed by atoms with Crippen LogP contribution in [0.1, 0.15) is 21.7 Å². The smallest absolute Gasteiger partial charge is 0.260 e. The van der Waals surface area contributed by atoms with Crippen LogP contribution < -0.4 is 11.3 Å². The first-order chi connectivity index (χ1) is 8.49. The molecule has 0 aliphatic carbocycles. The molecule has 18 heavy (non-hydrogen) atoms. The molecule has 2 rings (SSSR count). The summed E-state index contributed by atoms with van der Waals surface area (Å²) in [6.07, 6.45) is 3.19. The lowest BCUT2D eigenvalue weighted by Crippen LogP contribution is -2.23. The number of nitrogens with two attached hydrogens (primary N) is 1. The summed E-state index contributed by atoms with van der Waals surface area (Å²) in [6.45, 7) is 3.62. The Kier molecular flexibility index (Phi) is 2.93. The minimum absolute atomic E-state index is 0.0804. The van der Waals surface area contributed by atoms with Crippen LogP contribution in [0.4, 0.5) is 0 Å². The lowest BCUT2D eigenvalue weighted by atomic mass is 10.1. The maximum Gasteiger partial charge on any atom is 0.260 e. The fourth-order valence-corrected chi connectivity index (χ4v) is 1.63. The predicted molar refractivity (Wildman–Crippen MR) is 66.1 cm³/mol. The summed E-state index contributed by atoms with van der Waals surface area (Å²) < 4.78 is 0. The monoisotopic (exact) mass is 244 g/mol. The highest BCUT2D eigenvalue weighted by Crippen LogP contribution is 2.19. The molecule has 6 nitrogen and oxygen atoms in total. The number of aromatic nitrogens is 3. The third-order valence-electron chi connectivity index (χ3n) is 2.53. The number of amides is 1. The molecule has 0 saturated carbocycles. The van der Waals surface area contributed by atoms with Crippen LogP contribution in [-0.4, -0.2) is 20.9 Å². The third kappa shape index (κ3) is 2.13. The highest BCUT2D eigenvalue weighted by molar-refractivity contribution is 5.93. The van der Waals surface area contributed by atoms with E-state index in [-0.39, 0.29) is 5.56 Å². The summed E-state index contributed by atoms with van der Waals surface area (Å²) in [5.41, 5.74) is 6.70. The van der Waals surface area contributed by atoms with Gasteiger partial charge in [-0.05, 0) is 25.5 Å². The first kappa shape index (κ1) is 12.0. The number of hydrogen-bond donors (Lipinski definition) is 2. The van der Waals surface area contributed by atoms with Crippen LogP contribution in [0.5, 0.6) is 0 Å². The van der Waals surface area contributed by atoms with Crippen molar-refractivity contribution in [1.29, 1.82) is 0 Å². The van der Waals surface area contributed by atoms with Crippen LogP contribution in [0, 0.1) is 13.8 Å². The highest BCUT2D eigenvalue weighted by Gasteiger charge is 2.11. The van der Waals surface area contributed by atoms with Crippen LogP contribution in [0.3, 0.4) is 0 Å². The number of carbonyl (C=O) groups is 1. The molecule has 2 aromatic rings. The van der Waals surface area contributed by atoms with Gasteiger partial charge in [-0.3, -0.25) is 9.59 Å². The number of nitrogens with zero attached hydrogens (tertiary/aromatic N) is 2. The number of pyridine rings is 1. The Hall–Kier alpha value is -2.50. The van der Waals surface area contributed by atoms with E-state index < -0.39 is 11.5 Å². The molecule has 0 saturated heterocycles. The number of carbonyl (C=O) groups excluding carboxylic acids is 1. The number of hydrogen-bond acceptors (Lipinski definition) is 4. The second-order valence-corrected chi connectivity index (χ2v) is 3.94. The van der Waals surface area contributed by atoms with Crippen molar-refractivity contribution in [1.82, 2.24) is 15.0 Å². The summed E-state index contributed by atoms with van der Waals surface area (Å²) >= 11 is 0. The van der Waals surface area contributed by atoms with E-state index in [0.717, 1.165) is 5.56 Å². The minimum Gasteiger partial charge on any atom is -0.365 e. The summed E-state index contributed by atoms with van der Waals surface area (Å²) in [5, 5.41) is 0. The summed E-state index contributed by atoms with van der Waals surface area (Å²) in [6, 6.07) is 1.44. The molecule has 0 radical (unpaired) electrons. The van der Waals surface area contributed by atoms with Crippen molar-refractivity contribution in [2.45, 2.75) is 13.8 Å². The van der Waals surface area contributed by atoms with Crippen molar-refractivity contribution in [2.24, 2.45) is 5.73 Å². The number of primary amides is 1. The Morgan fingerprint density at radius 2 is 2.11 bits per heavy atom. The van der Waals surface area contributed by atoms with Crippen molar-refractivity contribution in [3.05, 3.63) is 45.8 Å². The number of aryl methyl sites for hydroxylation is 2. The molecular weight excluding hydrogens is 232 g/mol. The molecule has 3 N–H and O–H groups in total. The lowest BCUT2D eigenvalue weighted by molar-refractivity contribution is 0.0999. The van der Waals surface area contributed by atoms with Gasteiger partial charge in [-0.2, -0.15) is 0 Å². The van der Waals surface area contributed by atoms with E-state index in [1.54, 1.807) is 13.1 Å². The number of H-pyrrole nitrogens is 1. The van der Waals surface area contributed by atoms with Gasteiger partial charge in [0.15, 0.2) is 0 Å². The number of rotatable bonds is 2. The Balaban J connectivity index is 2.65. The Morgan fingerprint density at radius 3 is 2.78 bits per heavy atom. The molecule has 0 bridgehead atoms. The van der Waals surface area contributed by atoms with E-state index in [2.05, 4.69) is 15.0 Å². The van der Waals surface area contributed by atoms with Crippen LogP contribution in [0.2, 0.25) is 0 Å². The van der Waals surface area contributed by atoms with Gasteiger partial charge in [-0.1, -0.05) is 0 Å². The predicted octanol–water partition coefficient (Wildman–Crippen LogP) is 0.548. The fraction of sp³-hybridized carbons (Fsp3) is 0.167. The zero-order chi connectivity index (χ0) is 13.3. The van der Waals surface area contributed by atoms with Gasteiger partial charge in [0.25, 0.3) is 11.5 Å². The van der Waals surface area contributed by atoms with E-state index in [1.165, 1.54) is 12.3 Å². The Bertz CT molecular complexity index is 676. The molecule has 0 unspecified atom stereocenters. The van der Waals surface area contributed by atoms with E-state index in [1.807, 2.05) is 6.92 Å². The maximum atomic E-state index is 11.4. The van der Waals surface area contributed by atoms with Gasteiger partial charge in [0.05, 0.1) is 5.69 Å². The second-order valence-electron chi connectivity index (χ2n) is 3.94. The van der Waals surface area contributed by atoms with Crippen LogP contribution in [0.15, 0.2) is 23.3 Å². The highest BCUT2D eigenvalue weighted by atomic mass is 16.2. The number of nitrogens with one attached hydrogen (secondary N) is 1. The van der Waals surface area contributed by atoms with Gasteiger partial charge in [-0.25, -0.2) is 9.97 Å². The third-order valence-corrected chi connectivity index (χ3v) is 2.53. The van der Waals surface area contributed by atoms with Gasteiger partial charge < -0.3 is 10.7 Å². The average molecular weight is 244 g/mol. The standard InChI is InChI=1S/C12H12N4O2/c1-6-4-14-7(2)16-10(6)8-3-9(11(13)17)12(18)15-5-8/h3-5H,1-2H3,(H2,13,17)(H,15,18). The molecule has 92 valence electrons. The summed E-state index contributed by atoms with van der Waals surface area (Å²) in [5.74, 6) is -0.149. The second kappa shape index (κ2) is 4.40. The zero-order valence-electron chi connectivity index (χ0n) is 10.0. The van der Waals surface area contributed by atoms with Crippen LogP contribution in [-0.2, 0) is 0 Å². The van der Waals surface area contributed by atoms with Crippen molar-refractivity contribution in [2.75, 3.05) is 0 Å². The molecule has 2 aromatic heterocycles. The molecule has 0 aliphatic heterocycles. The Morgan fingerprint density at radius 1 is 1.39 bits per heavy atom. The van der Waals surface area contributed by atoms with E-state index in [4.69, 9.17) is 5.73 Å².